The summed E-state index contributed by atoms with van der Waals surface area (Å²) in [4.78, 5) is 0. The van der Waals surface area contributed by atoms with Gasteiger partial charge in [0.1, 0.15) is 12.7 Å². The standard InChI is InChI=1S/C34H33N2/c1-22-19-24(34(3,4)5)20-29(23(22)2)33-28-16-8-7-15-27(28)32(21-35(33)6)36-30-17-11-9-13-25(30)26-14-10-12-18-31(26)36/h7-21H,1-6H3/q+1. The monoisotopic (exact) mass is 469 g/mol. The van der Waals surface area contributed by atoms with Crippen molar-refractivity contribution in [2.75, 3.05) is 0 Å². The van der Waals surface area contributed by atoms with Crippen LogP contribution in [0.3, 0.4) is 0 Å². The fraction of sp³-hybridized carbons (Fsp3) is 0.206. The number of aryl methyl sites for hydroxylation is 2. The van der Waals surface area contributed by atoms with Crippen LogP contribution in [0.4, 0.5) is 0 Å². The molecule has 0 spiro atoms. The predicted octanol–water partition coefficient (Wildman–Crippen LogP) is 8.34. The van der Waals surface area contributed by atoms with E-state index in [0.29, 0.717) is 0 Å². The quantitative estimate of drug-likeness (QED) is 0.225. The van der Waals surface area contributed by atoms with Crippen molar-refractivity contribution in [3.05, 3.63) is 108 Å². The number of pyridine rings is 1. The van der Waals surface area contributed by atoms with E-state index in [1.807, 2.05) is 0 Å². The lowest BCUT2D eigenvalue weighted by molar-refractivity contribution is -0.658. The van der Waals surface area contributed by atoms with Gasteiger partial charge in [-0.3, -0.25) is 0 Å². The Morgan fingerprint density at radius 2 is 1.19 bits per heavy atom. The number of hydrogen-bond acceptors (Lipinski definition) is 0. The van der Waals surface area contributed by atoms with Gasteiger partial charge in [-0.1, -0.05) is 81.4 Å². The van der Waals surface area contributed by atoms with Gasteiger partial charge in [-0.25, -0.2) is 0 Å². The van der Waals surface area contributed by atoms with Crippen LogP contribution in [-0.4, -0.2) is 4.57 Å². The van der Waals surface area contributed by atoms with E-state index < -0.39 is 0 Å². The van der Waals surface area contributed by atoms with Gasteiger partial charge >= 0.3 is 0 Å². The number of rotatable bonds is 2. The maximum Gasteiger partial charge on any atom is 0.220 e. The van der Waals surface area contributed by atoms with Gasteiger partial charge in [0.15, 0.2) is 6.20 Å². The molecule has 178 valence electrons. The van der Waals surface area contributed by atoms with E-state index in [2.05, 4.69) is 142 Å². The van der Waals surface area contributed by atoms with Crippen LogP contribution in [0.5, 0.6) is 0 Å². The van der Waals surface area contributed by atoms with E-state index in [9.17, 15) is 0 Å². The molecule has 0 radical (unpaired) electrons. The SMILES string of the molecule is Cc1cc(C(C)(C)C)cc(-c2c3ccccc3c(-n3c4ccccc4c4ccccc43)c[n+]2C)c1C. The van der Waals surface area contributed by atoms with Gasteiger partial charge in [-0.15, -0.1) is 0 Å². The van der Waals surface area contributed by atoms with E-state index in [1.54, 1.807) is 0 Å². The van der Waals surface area contributed by atoms with Crippen LogP contribution in [0, 0.1) is 13.8 Å². The second-order valence-corrected chi connectivity index (χ2v) is 11.1. The number of benzene rings is 4. The van der Waals surface area contributed by atoms with Gasteiger partial charge in [0.25, 0.3) is 0 Å². The third kappa shape index (κ3) is 3.36. The highest BCUT2D eigenvalue weighted by Crippen LogP contribution is 2.38. The van der Waals surface area contributed by atoms with Crippen molar-refractivity contribution in [3.63, 3.8) is 0 Å². The summed E-state index contributed by atoms with van der Waals surface area (Å²) in [6.45, 7) is 11.4. The van der Waals surface area contributed by atoms with Gasteiger partial charge in [0.2, 0.25) is 5.69 Å². The van der Waals surface area contributed by atoms with Gasteiger partial charge in [0.05, 0.1) is 22.0 Å². The minimum absolute atomic E-state index is 0.0878. The predicted molar refractivity (Wildman–Crippen MR) is 153 cm³/mol. The number of hydrogen-bond donors (Lipinski definition) is 0. The summed E-state index contributed by atoms with van der Waals surface area (Å²) in [5.74, 6) is 0. The van der Waals surface area contributed by atoms with Crippen molar-refractivity contribution < 1.29 is 4.57 Å². The average molecular weight is 470 g/mol. The molecule has 4 aromatic carbocycles. The van der Waals surface area contributed by atoms with Gasteiger partial charge in [-0.05, 0) is 60.2 Å². The molecule has 6 rings (SSSR count). The average Bonchev–Trinajstić information content (AvgIpc) is 3.19. The van der Waals surface area contributed by atoms with E-state index >= 15 is 0 Å². The zero-order chi connectivity index (χ0) is 25.2. The first-order valence-electron chi connectivity index (χ1n) is 12.8. The van der Waals surface area contributed by atoms with Crippen molar-refractivity contribution >= 4 is 32.6 Å². The molecule has 0 atom stereocenters. The van der Waals surface area contributed by atoms with E-state index in [1.165, 1.54) is 66.2 Å². The fourth-order valence-electron chi connectivity index (χ4n) is 5.65. The molecule has 0 saturated carbocycles. The highest BCUT2D eigenvalue weighted by Gasteiger charge is 2.25. The Hall–Kier alpha value is -3.91. The minimum atomic E-state index is 0.0878. The van der Waals surface area contributed by atoms with Crippen molar-refractivity contribution in [2.24, 2.45) is 7.05 Å². The first kappa shape index (κ1) is 22.5. The van der Waals surface area contributed by atoms with Crippen molar-refractivity contribution in [2.45, 2.75) is 40.0 Å². The molecule has 0 N–H and O–H groups in total. The number of para-hydroxylation sites is 2. The summed E-state index contributed by atoms with van der Waals surface area (Å²) in [7, 11) is 2.19. The second-order valence-electron chi connectivity index (χ2n) is 11.1. The van der Waals surface area contributed by atoms with Crippen LogP contribution in [-0.2, 0) is 12.5 Å². The van der Waals surface area contributed by atoms with E-state index in [4.69, 9.17) is 0 Å². The highest BCUT2D eigenvalue weighted by molar-refractivity contribution is 6.11. The Morgan fingerprint density at radius 3 is 1.78 bits per heavy atom. The normalized spacial score (nSPS) is 12.2. The van der Waals surface area contributed by atoms with Crippen molar-refractivity contribution in [1.29, 1.82) is 0 Å². The van der Waals surface area contributed by atoms with Crippen molar-refractivity contribution in [3.8, 4) is 16.9 Å². The minimum Gasteiger partial charge on any atom is -0.303 e. The molecule has 0 saturated heterocycles. The smallest absolute Gasteiger partial charge is 0.220 e. The molecular weight excluding hydrogens is 436 g/mol. The molecule has 0 fully saturated rings. The van der Waals surface area contributed by atoms with Gasteiger partial charge in [0, 0.05) is 16.2 Å². The lowest BCUT2D eigenvalue weighted by Gasteiger charge is -2.22. The van der Waals surface area contributed by atoms with Crippen LogP contribution in [0.25, 0.3) is 49.5 Å². The van der Waals surface area contributed by atoms with Crippen LogP contribution < -0.4 is 4.57 Å². The summed E-state index contributed by atoms with van der Waals surface area (Å²) in [6.07, 6.45) is 2.31. The zero-order valence-corrected chi connectivity index (χ0v) is 22.1. The van der Waals surface area contributed by atoms with Crippen LogP contribution in [0.1, 0.15) is 37.5 Å². The molecule has 2 heteroatoms. The number of nitrogens with zero attached hydrogens (tertiary/aromatic N) is 2. The first-order valence-corrected chi connectivity index (χ1v) is 12.8. The third-order valence-corrected chi connectivity index (χ3v) is 7.74. The maximum absolute atomic E-state index is 2.43. The highest BCUT2D eigenvalue weighted by atomic mass is 15.0. The Kier molecular flexibility index (Phi) is 5.05. The molecular formula is C34H33N2+. The molecule has 2 heterocycles. The Balaban J connectivity index is 1.73. The Morgan fingerprint density at radius 1 is 0.667 bits per heavy atom. The first-order chi connectivity index (χ1) is 17.3. The number of fused-ring (bicyclic) bond motifs is 4. The second kappa shape index (κ2) is 8.06. The molecule has 0 aliphatic heterocycles. The lowest BCUT2D eigenvalue weighted by atomic mass is 9.83. The summed E-state index contributed by atoms with van der Waals surface area (Å²) in [5, 5.41) is 5.10. The Bertz CT molecular complexity index is 1740. The van der Waals surface area contributed by atoms with Crippen LogP contribution in [0.2, 0.25) is 0 Å². The van der Waals surface area contributed by atoms with Gasteiger partial charge in [-0.2, -0.15) is 4.57 Å². The third-order valence-electron chi connectivity index (χ3n) is 7.74. The molecule has 0 aliphatic rings. The molecule has 2 aromatic heterocycles. The molecule has 0 aliphatic carbocycles. The molecule has 36 heavy (non-hydrogen) atoms. The molecule has 0 amide bonds. The summed E-state index contributed by atoms with van der Waals surface area (Å²) < 4.78 is 4.76. The zero-order valence-electron chi connectivity index (χ0n) is 22.1. The molecule has 6 aromatic rings. The fourth-order valence-corrected chi connectivity index (χ4v) is 5.65. The topological polar surface area (TPSA) is 8.81 Å². The van der Waals surface area contributed by atoms with Gasteiger partial charge < -0.3 is 4.57 Å². The summed E-state index contributed by atoms with van der Waals surface area (Å²) in [6, 6.07) is 31.1. The summed E-state index contributed by atoms with van der Waals surface area (Å²) in [5.41, 5.74) is 10.4. The van der Waals surface area contributed by atoms with Crippen molar-refractivity contribution in [1.82, 2.24) is 4.57 Å². The number of aromatic nitrogens is 2. The Labute approximate surface area is 213 Å². The maximum atomic E-state index is 2.43. The summed E-state index contributed by atoms with van der Waals surface area (Å²) >= 11 is 0. The lowest BCUT2D eigenvalue weighted by Crippen LogP contribution is -2.32. The molecule has 0 unspecified atom stereocenters. The van der Waals surface area contributed by atoms with Crippen LogP contribution in [0.15, 0.2) is 91.1 Å². The molecule has 0 bridgehead atoms. The van der Waals surface area contributed by atoms with E-state index in [-0.39, 0.29) is 5.41 Å². The van der Waals surface area contributed by atoms with Crippen LogP contribution >= 0.6 is 0 Å². The largest absolute Gasteiger partial charge is 0.303 e. The van der Waals surface area contributed by atoms with E-state index in [0.717, 1.165) is 0 Å². The molecule has 2 nitrogen and oxygen atoms in total.